The molecule has 0 radical (unpaired) electrons. The first-order valence-electron chi connectivity index (χ1n) is 5.06. The molecule has 0 aliphatic carbocycles. The summed E-state index contributed by atoms with van der Waals surface area (Å²) in [6.45, 7) is -1.69. The van der Waals surface area contributed by atoms with Crippen LogP contribution >= 0.6 is 0 Å². The molecule has 0 fully saturated rings. The van der Waals surface area contributed by atoms with Crippen LogP contribution < -0.4 is 10.5 Å². The SMILES string of the molecule is CCOC(=O)c1cc(OC(F)F)c([N+](=O)[O-])cc1N. The predicted molar refractivity (Wildman–Crippen MR) is 60.1 cm³/mol. The van der Waals surface area contributed by atoms with Crippen LogP contribution in [0.4, 0.5) is 20.2 Å². The molecule has 1 aromatic carbocycles. The summed E-state index contributed by atoms with van der Waals surface area (Å²) in [4.78, 5) is 21.2. The van der Waals surface area contributed by atoms with Gasteiger partial charge in [-0.25, -0.2) is 4.79 Å². The number of halogens is 2. The van der Waals surface area contributed by atoms with E-state index in [0.717, 1.165) is 12.1 Å². The van der Waals surface area contributed by atoms with E-state index >= 15 is 0 Å². The van der Waals surface area contributed by atoms with Crippen LogP contribution in [-0.2, 0) is 4.74 Å². The molecule has 0 amide bonds. The molecule has 9 heteroatoms. The van der Waals surface area contributed by atoms with Gasteiger partial charge in [-0.1, -0.05) is 0 Å². The second-order valence-corrected chi connectivity index (χ2v) is 3.26. The van der Waals surface area contributed by atoms with E-state index in [1.807, 2.05) is 0 Å². The van der Waals surface area contributed by atoms with Crippen molar-refractivity contribution in [3.8, 4) is 5.75 Å². The van der Waals surface area contributed by atoms with Gasteiger partial charge in [0.1, 0.15) is 0 Å². The van der Waals surface area contributed by atoms with Gasteiger partial charge in [-0.2, -0.15) is 8.78 Å². The van der Waals surface area contributed by atoms with Crippen molar-refractivity contribution in [2.45, 2.75) is 13.5 Å². The predicted octanol–water partition coefficient (Wildman–Crippen LogP) is 1.96. The zero-order chi connectivity index (χ0) is 14.6. The van der Waals surface area contributed by atoms with Crippen LogP contribution in [0, 0.1) is 10.1 Å². The largest absolute Gasteiger partial charge is 0.462 e. The Morgan fingerprint density at radius 3 is 2.63 bits per heavy atom. The molecule has 2 N–H and O–H groups in total. The molecule has 0 saturated carbocycles. The third-order valence-electron chi connectivity index (χ3n) is 2.04. The van der Waals surface area contributed by atoms with Crippen LogP contribution in [-0.4, -0.2) is 24.1 Å². The highest BCUT2D eigenvalue weighted by Gasteiger charge is 2.24. The summed E-state index contributed by atoms with van der Waals surface area (Å²) in [7, 11) is 0. The average molecular weight is 276 g/mol. The molecular formula is C10H10F2N2O5. The van der Waals surface area contributed by atoms with E-state index in [9.17, 15) is 23.7 Å². The quantitative estimate of drug-likeness (QED) is 0.381. The Morgan fingerprint density at radius 1 is 1.53 bits per heavy atom. The number of nitrogens with zero attached hydrogens (tertiary/aromatic N) is 1. The molecular weight excluding hydrogens is 266 g/mol. The Hall–Kier alpha value is -2.45. The summed E-state index contributed by atoms with van der Waals surface area (Å²) in [6, 6.07) is 1.53. The number of hydrogen-bond acceptors (Lipinski definition) is 6. The maximum atomic E-state index is 12.2. The summed E-state index contributed by atoms with van der Waals surface area (Å²) in [5, 5.41) is 10.7. The van der Waals surface area contributed by atoms with Gasteiger partial charge >= 0.3 is 18.3 Å². The number of carbonyl (C=O) groups excluding carboxylic acids is 1. The van der Waals surface area contributed by atoms with E-state index in [0.29, 0.717) is 0 Å². The number of carbonyl (C=O) groups is 1. The van der Waals surface area contributed by atoms with Crippen molar-refractivity contribution in [2.75, 3.05) is 12.3 Å². The van der Waals surface area contributed by atoms with Gasteiger partial charge < -0.3 is 15.2 Å². The molecule has 1 aromatic rings. The van der Waals surface area contributed by atoms with Crippen LogP contribution in [0.2, 0.25) is 0 Å². The van der Waals surface area contributed by atoms with E-state index in [1.54, 1.807) is 0 Å². The van der Waals surface area contributed by atoms with E-state index in [1.165, 1.54) is 6.92 Å². The third kappa shape index (κ3) is 3.50. The highest BCUT2D eigenvalue weighted by molar-refractivity contribution is 5.96. The number of nitrogen functional groups attached to an aromatic ring is 1. The summed E-state index contributed by atoms with van der Waals surface area (Å²) in [5.74, 6) is -1.63. The molecule has 0 aliphatic rings. The van der Waals surface area contributed by atoms with Crippen LogP contribution in [0.25, 0.3) is 0 Å². The fourth-order valence-electron chi connectivity index (χ4n) is 1.30. The van der Waals surface area contributed by atoms with Crippen molar-refractivity contribution < 1.29 is 28.0 Å². The Morgan fingerprint density at radius 2 is 2.16 bits per heavy atom. The van der Waals surface area contributed by atoms with Gasteiger partial charge in [0, 0.05) is 12.1 Å². The van der Waals surface area contributed by atoms with Gasteiger partial charge in [0.2, 0.25) is 5.75 Å². The lowest BCUT2D eigenvalue weighted by atomic mass is 10.1. The van der Waals surface area contributed by atoms with Crippen LogP contribution in [0.1, 0.15) is 17.3 Å². The van der Waals surface area contributed by atoms with Crippen molar-refractivity contribution >= 4 is 17.3 Å². The highest BCUT2D eigenvalue weighted by atomic mass is 19.3. The number of nitrogens with two attached hydrogens (primary N) is 1. The second-order valence-electron chi connectivity index (χ2n) is 3.26. The van der Waals surface area contributed by atoms with E-state index in [4.69, 9.17) is 5.73 Å². The second kappa shape index (κ2) is 5.94. The Balaban J connectivity index is 3.29. The number of alkyl halides is 2. The smallest absolute Gasteiger partial charge is 0.387 e. The van der Waals surface area contributed by atoms with Crippen molar-refractivity contribution in [3.05, 3.63) is 27.8 Å². The minimum Gasteiger partial charge on any atom is -0.462 e. The van der Waals surface area contributed by atoms with Gasteiger partial charge in [-0.3, -0.25) is 10.1 Å². The van der Waals surface area contributed by atoms with Gasteiger partial charge in [0.25, 0.3) is 0 Å². The molecule has 0 saturated heterocycles. The van der Waals surface area contributed by atoms with Gasteiger partial charge in [0.05, 0.1) is 22.8 Å². The number of anilines is 1. The average Bonchev–Trinajstić information content (AvgIpc) is 2.30. The third-order valence-corrected chi connectivity index (χ3v) is 2.04. The molecule has 0 unspecified atom stereocenters. The lowest BCUT2D eigenvalue weighted by Crippen LogP contribution is -2.11. The Bertz CT molecular complexity index is 507. The normalized spacial score (nSPS) is 10.3. The molecule has 1 rings (SSSR count). The van der Waals surface area contributed by atoms with Gasteiger partial charge in [-0.15, -0.1) is 0 Å². The Labute approximate surface area is 106 Å². The number of ether oxygens (including phenoxy) is 2. The van der Waals surface area contributed by atoms with Crippen LogP contribution in [0.5, 0.6) is 5.75 Å². The maximum absolute atomic E-state index is 12.2. The summed E-state index contributed by atoms with van der Waals surface area (Å²) in [5.41, 5.74) is 4.15. The van der Waals surface area contributed by atoms with Crippen molar-refractivity contribution in [3.63, 3.8) is 0 Å². The highest BCUT2D eigenvalue weighted by Crippen LogP contribution is 2.33. The molecule has 0 bridgehead atoms. The van der Waals surface area contributed by atoms with Gasteiger partial charge in [-0.05, 0) is 6.92 Å². The minimum atomic E-state index is -3.27. The number of nitro benzene ring substituents is 1. The monoisotopic (exact) mass is 276 g/mol. The molecule has 0 atom stereocenters. The molecule has 0 aromatic heterocycles. The number of hydrogen-bond donors (Lipinski definition) is 1. The van der Waals surface area contributed by atoms with E-state index in [2.05, 4.69) is 9.47 Å². The lowest BCUT2D eigenvalue weighted by molar-refractivity contribution is -0.386. The molecule has 0 spiro atoms. The first kappa shape index (κ1) is 14.6. The standard InChI is InChI=1S/C10H10F2N2O5/c1-2-18-9(15)5-3-8(19-10(11)12)7(14(16)17)4-6(5)13/h3-4,10H,2,13H2,1H3. The molecule has 104 valence electrons. The number of esters is 1. The zero-order valence-corrected chi connectivity index (χ0v) is 9.76. The van der Waals surface area contributed by atoms with E-state index in [-0.39, 0.29) is 17.9 Å². The maximum Gasteiger partial charge on any atom is 0.387 e. The minimum absolute atomic E-state index is 0.0420. The first-order valence-corrected chi connectivity index (χ1v) is 5.06. The van der Waals surface area contributed by atoms with Gasteiger partial charge in [0.15, 0.2) is 0 Å². The summed E-state index contributed by atoms with van der Waals surface area (Å²) >= 11 is 0. The lowest BCUT2D eigenvalue weighted by Gasteiger charge is -2.09. The Kier molecular flexibility index (Phi) is 4.56. The molecule has 0 heterocycles. The topological polar surface area (TPSA) is 105 Å². The van der Waals surface area contributed by atoms with Crippen LogP contribution in [0.3, 0.4) is 0 Å². The zero-order valence-electron chi connectivity index (χ0n) is 9.76. The number of benzene rings is 1. The molecule has 7 nitrogen and oxygen atoms in total. The van der Waals surface area contributed by atoms with Crippen molar-refractivity contribution in [2.24, 2.45) is 0 Å². The fraction of sp³-hybridized carbons (Fsp3) is 0.300. The van der Waals surface area contributed by atoms with Crippen LogP contribution in [0.15, 0.2) is 12.1 Å². The molecule has 0 aliphatic heterocycles. The number of nitro groups is 1. The number of rotatable bonds is 5. The summed E-state index contributed by atoms with van der Waals surface area (Å²) in [6.07, 6.45) is 0. The van der Waals surface area contributed by atoms with E-state index < -0.39 is 28.9 Å². The molecule has 19 heavy (non-hydrogen) atoms. The fourth-order valence-corrected chi connectivity index (χ4v) is 1.30. The summed E-state index contributed by atoms with van der Waals surface area (Å²) < 4.78 is 32.9. The first-order chi connectivity index (χ1) is 8.86. The van der Waals surface area contributed by atoms with Crippen molar-refractivity contribution in [1.82, 2.24) is 0 Å². The van der Waals surface area contributed by atoms with Crippen molar-refractivity contribution in [1.29, 1.82) is 0 Å².